The van der Waals surface area contributed by atoms with Gasteiger partial charge in [0.25, 0.3) is 0 Å². The average Bonchev–Trinajstić information content (AvgIpc) is 2.50. The second-order valence-corrected chi connectivity index (χ2v) is 6.64. The molecule has 1 fully saturated rings. The lowest BCUT2D eigenvalue weighted by Crippen LogP contribution is -2.53. The Morgan fingerprint density at radius 3 is 2.55 bits per heavy atom. The zero-order valence-corrected chi connectivity index (χ0v) is 14.2. The Balaban J connectivity index is 1.92. The van der Waals surface area contributed by atoms with Crippen LogP contribution in [0.4, 0.5) is 0 Å². The number of hydrogen-bond donors (Lipinski definition) is 1. The fourth-order valence-corrected chi connectivity index (χ4v) is 3.22. The number of aliphatic hydroxyl groups is 1. The first-order valence-electron chi connectivity index (χ1n) is 8.32. The van der Waals surface area contributed by atoms with E-state index in [0.717, 1.165) is 44.9 Å². The Hall–Kier alpha value is -1.10. The zero-order valence-electron chi connectivity index (χ0n) is 14.2. The minimum Gasteiger partial charge on any atom is -0.497 e. The van der Waals surface area contributed by atoms with Crippen LogP contribution in [0.5, 0.6) is 5.75 Å². The van der Waals surface area contributed by atoms with Gasteiger partial charge in [-0.25, -0.2) is 0 Å². The number of aliphatic hydroxyl groups excluding tert-OH is 1. The quantitative estimate of drug-likeness (QED) is 0.838. The van der Waals surface area contributed by atoms with E-state index >= 15 is 0 Å². The third-order valence-electron chi connectivity index (χ3n) is 4.32. The summed E-state index contributed by atoms with van der Waals surface area (Å²) in [6.07, 6.45) is 0.867. The summed E-state index contributed by atoms with van der Waals surface area (Å²) in [5.74, 6) is 1.58. The Morgan fingerprint density at radius 2 is 1.95 bits per heavy atom. The van der Waals surface area contributed by atoms with E-state index in [2.05, 4.69) is 35.8 Å². The van der Waals surface area contributed by atoms with Crippen molar-refractivity contribution in [3.8, 4) is 5.75 Å². The van der Waals surface area contributed by atoms with Crippen molar-refractivity contribution in [2.24, 2.45) is 5.92 Å². The molecule has 1 atom stereocenters. The van der Waals surface area contributed by atoms with E-state index in [-0.39, 0.29) is 6.61 Å². The molecule has 22 heavy (non-hydrogen) atoms. The maximum absolute atomic E-state index is 9.35. The van der Waals surface area contributed by atoms with Crippen molar-refractivity contribution in [3.63, 3.8) is 0 Å². The molecular formula is C18H30N2O2. The molecule has 1 aliphatic heterocycles. The van der Waals surface area contributed by atoms with E-state index in [9.17, 15) is 5.11 Å². The molecule has 0 spiro atoms. The van der Waals surface area contributed by atoms with Crippen molar-refractivity contribution in [3.05, 3.63) is 29.8 Å². The van der Waals surface area contributed by atoms with Gasteiger partial charge >= 0.3 is 0 Å². The summed E-state index contributed by atoms with van der Waals surface area (Å²) in [5, 5.41) is 9.35. The van der Waals surface area contributed by atoms with E-state index in [1.807, 2.05) is 12.1 Å². The summed E-state index contributed by atoms with van der Waals surface area (Å²) in [6.45, 7) is 10.1. The van der Waals surface area contributed by atoms with Gasteiger partial charge in [-0.2, -0.15) is 0 Å². The molecule has 4 nitrogen and oxygen atoms in total. The van der Waals surface area contributed by atoms with Crippen LogP contribution in [0.1, 0.15) is 25.8 Å². The smallest absolute Gasteiger partial charge is 0.118 e. The van der Waals surface area contributed by atoms with E-state index in [4.69, 9.17) is 4.74 Å². The van der Waals surface area contributed by atoms with Gasteiger partial charge in [0.2, 0.25) is 0 Å². The molecule has 1 aromatic carbocycles. The number of methoxy groups -OCH3 is 1. The lowest BCUT2D eigenvalue weighted by Gasteiger charge is -2.42. The highest BCUT2D eigenvalue weighted by Crippen LogP contribution is 2.18. The summed E-state index contributed by atoms with van der Waals surface area (Å²) in [7, 11) is 1.70. The van der Waals surface area contributed by atoms with Gasteiger partial charge in [-0.05, 0) is 30.0 Å². The van der Waals surface area contributed by atoms with E-state index in [0.29, 0.717) is 12.0 Å². The summed E-state index contributed by atoms with van der Waals surface area (Å²) >= 11 is 0. The Morgan fingerprint density at radius 1 is 1.23 bits per heavy atom. The van der Waals surface area contributed by atoms with Crippen LogP contribution < -0.4 is 4.74 Å². The molecule has 0 aromatic heterocycles. The first-order valence-corrected chi connectivity index (χ1v) is 8.32. The molecule has 0 unspecified atom stereocenters. The van der Waals surface area contributed by atoms with Crippen LogP contribution >= 0.6 is 0 Å². The van der Waals surface area contributed by atoms with Gasteiger partial charge in [-0.3, -0.25) is 9.80 Å². The minimum atomic E-state index is 0.273. The third-order valence-corrected chi connectivity index (χ3v) is 4.32. The summed E-state index contributed by atoms with van der Waals surface area (Å²) in [5.41, 5.74) is 1.32. The highest BCUT2D eigenvalue weighted by molar-refractivity contribution is 5.27. The largest absolute Gasteiger partial charge is 0.497 e. The molecule has 4 heteroatoms. The van der Waals surface area contributed by atoms with Crippen LogP contribution in [0.25, 0.3) is 0 Å². The SMILES string of the molecule is COc1ccc(CN2CCN(CC(C)C)[C@H](CCO)C2)cc1. The van der Waals surface area contributed by atoms with Gasteiger partial charge in [-0.15, -0.1) is 0 Å². The molecule has 0 amide bonds. The Bertz CT molecular complexity index is 433. The number of hydrogen-bond acceptors (Lipinski definition) is 4. The normalized spacial score (nSPS) is 20.5. The predicted molar refractivity (Wildman–Crippen MR) is 90.2 cm³/mol. The first-order chi connectivity index (χ1) is 10.6. The highest BCUT2D eigenvalue weighted by Gasteiger charge is 2.26. The molecule has 0 aliphatic carbocycles. The number of rotatable bonds is 7. The molecule has 1 saturated heterocycles. The molecule has 0 saturated carbocycles. The van der Waals surface area contributed by atoms with E-state index in [1.165, 1.54) is 5.56 Å². The molecule has 1 aromatic rings. The lowest BCUT2D eigenvalue weighted by molar-refractivity contribution is 0.0477. The van der Waals surface area contributed by atoms with Crippen molar-refractivity contribution in [2.45, 2.75) is 32.9 Å². The van der Waals surface area contributed by atoms with Gasteiger partial charge in [0.1, 0.15) is 5.75 Å². The number of benzene rings is 1. The van der Waals surface area contributed by atoms with Crippen molar-refractivity contribution in [1.29, 1.82) is 0 Å². The molecule has 0 radical (unpaired) electrons. The standard InChI is InChI=1S/C18H30N2O2/c1-15(2)12-20-10-9-19(14-17(20)8-11-21)13-16-4-6-18(22-3)7-5-16/h4-7,15,17,21H,8-14H2,1-3H3/t17-/m1/s1. The van der Waals surface area contributed by atoms with Gasteiger partial charge < -0.3 is 9.84 Å². The summed E-state index contributed by atoms with van der Waals surface area (Å²) in [4.78, 5) is 5.05. The van der Waals surface area contributed by atoms with Gasteiger partial charge in [0.05, 0.1) is 7.11 Å². The zero-order chi connectivity index (χ0) is 15.9. The Kier molecular flexibility index (Phi) is 6.68. The fourth-order valence-electron chi connectivity index (χ4n) is 3.22. The lowest BCUT2D eigenvalue weighted by atomic mass is 10.1. The third kappa shape index (κ3) is 4.97. The van der Waals surface area contributed by atoms with Crippen molar-refractivity contribution in [2.75, 3.05) is 39.9 Å². The molecular weight excluding hydrogens is 276 g/mol. The van der Waals surface area contributed by atoms with E-state index < -0.39 is 0 Å². The van der Waals surface area contributed by atoms with Gasteiger partial charge in [-0.1, -0.05) is 26.0 Å². The van der Waals surface area contributed by atoms with Crippen LogP contribution in [0.3, 0.4) is 0 Å². The average molecular weight is 306 g/mol. The van der Waals surface area contributed by atoms with Crippen LogP contribution in [-0.2, 0) is 6.54 Å². The number of nitrogens with zero attached hydrogens (tertiary/aromatic N) is 2. The second-order valence-electron chi connectivity index (χ2n) is 6.64. The summed E-state index contributed by atoms with van der Waals surface area (Å²) in [6, 6.07) is 8.80. The van der Waals surface area contributed by atoms with Crippen molar-refractivity contribution in [1.82, 2.24) is 9.80 Å². The minimum absolute atomic E-state index is 0.273. The second kappa shape index (κ2) is 8.51. The predicted octanol–water partition coefficient (Wildman–Crippen LogP) is 2.22. The Labute approximate surface area is 134 Å². The molecule has 1 N–H and O–H groups in total. The van der Waals surface area contributed by atoms with Crippen LogP contribution in [0, 0.1) is 5.92 Å². The number of ether oxygens (including phenoxy) is 1. The van der Waals surface area contributed by atoms with E-state index in [1.54, 1.807) is 7.11 Å². The van der Waals surface area contributed by atoms with Gasteiger partial charge in [0, 0.05) is 45.4 Å². The number of piperazine rings is 1. The summed E-state index contributed by atoms with van der Waals surface area (Å²) < 4.78 is 5.21. The molecule has 1 aliphatic rings. The molecule has 1 heterocycles. The maximum Gasteiger partial charge on any atom is 0.118 e. The van der Waals surface area contributed by atoms with Crippen molar-refractivity contribution >= 4 is 0 Å². The van der Waals surface area contributed by atoms with Gasteiger partial charge in [0.15, 0.2) is 0 Å². The van der Waals surface area contributed by atoms with Crippen LogP contribution in [-0.4, -0.2) is 60.8 Å². The maximum atomic E-state index is 9.35. The molecule has 2 rings (SSSR count). The highest BCUT2D eigenvalue weighted by atomic mass is 16.5. The monoisotopic (exact) mass is 306 g/mol. The van der Waals surface area contributed by atoms with Crippen LogP contribution in [0.2, 0.25) is 0 Å². The van der Waals surface area contributed by atoms with Crippen LogP contribution in [0.15, 0.2) is 24.3 Å². The molecule has 124 valence electrons. The topological polar surface area (TPSA) is 35.9 Å². The first kappa shape index (κ1) is 17.3. The van der Waals surface area contributed by atoms with Crippen molar-refractivity contribution < 1.29 is 9.84 Å². The molecule has 0 bridgehead atoms. The fraction of sp³-hybridized carbons (Fsp3) is 0.667.